The molecule has 0 amide bonds. The van der Waals surface area contributed by atoms with E-state index in [1.54, 1.807) is 6.92 Å². The molecule has 0 aromatic heterocycles. The maximum absolute atomic E-state index is 10.5. The Morgan fingerprint density at radius 1 is 0.857 bits per heavy atom. The molecular formula is C17H34KNO2. The van der Waals surface area contributed by atoms with Crippen molar-refractivity contribution in [2.24, 2.45) is 0 Å². The molecule has 0 aromatic rings. The number of rotatable bonds is 15. The average molecular weight is 324 g/mol. The number of unbranched alkanes of at least 4 members (excludes halogenated alkanes) is 11. The number of hydrogen-bond acceptors (Lipinski definition) is 3. The first kappa shape index (κ1) is 24.3. The van der Waals surface area contributed by atoms with Gasteiger partial charge in [0, 0.05) is 6.04 Å². The van der Waals surface area contributed by atoms with E-state index in [1.165, 1.54) is 70.6 Å². The molecule has 0 aliphatic rings. The van der Waals surface area contributed by atoms with Crippen LogP contribution in [0.2, 0.25) is 0 Å². The Labute approximate surface area is 174 Å². The molecule has 1 unspecified atom stereocenters. The molecule has 3 nitrogen and oxygen atoms in total. The number of carboxylic acid groups (broad SMARTS) is 1. The van der Waals surface area contributed by atoms with Crippen LogP contribution in [0.25, 0.3) is 0 Å². The molecule has 120 valence electrons. The van der Waals surface area contributed by atoms with Crippen molar-refractivity contribution in [3.05, 3.63) is 0 Å². The van der Waals surface area contributed by atoms with E-state index in [1.807, 2.05) is 0 Å². The molecule has 0 aromatic carbocycles. The third kappa shape index (κ3) is 19.0. The number of carboxylic acids is 1. The van der Waals surface area contributed by atoms with Gasteiger partial charge in [0.15, 0.2) is 0 Å². The van der Waals surface area contributed by atoms with Crippen LogP contribution < -0.4 is 61.8 Å². The first-order chi connectivity index (χ1) is 9.68. The van der Waals surface area contributed by atoms with E-state index in [-0.39, 0.29) is 51.4 Å². The Kier molecular flexibility index (Phi) is 22.1. The molecule has 0 radical (unpaired) electrons. The summed E-state index contributed by atoms with van der Waals surface area (Å²) in [5.41, 5.74) is 0. The summed E-state index contributed by atoms with van der Waals surface area (Å²) in [4.78, 5) is 10.5. The standard InChI is InChI=1S/C17H35NO2.K/c1-3-4-5-6-7-8-9-10-11-12-13-14-15-18-16(2)17(19)20;/h16,18H,3-15H2,1-2H3,(H,19,20);/q;+1/p-1. The number of carbonyl (C=O) groups is 1. The molecule has 0 bridgehead atoms. The second-order valence-corrected chi connectivity index (χ2v) is 5.88. The maximum Gasteiger partial charge on any atom is 1.00 e. The van der Waals surface area contributed by atoms with Crippen LogP contribution in [0, 0.1) is 0 Å². The van der Waals surface area contributed by atoms with Gasteiger partial charge in [-0.1, -0.05) is 77.6 Å². The fourth-order valence-electron chi connectivity index (χ4n) is 2.37. The van der Waals surface area contributed by atoms with Crippen molar-refractivity contribution in [2.75, 3.05) is 6.54 Å². The van der Waals surface area contributed by atoms with Gasteiger partial charge < -0.3 is 15.2 Å². The van der Waals surface area contributed by atoms with Gasteiger partial charge in [0.1, 0.15) is 0 Å². The Balaban J connectivity index is 0. The fourth-order valence-corrected chi connectivity index (χ4v) is 2.37. The van der Waals surface area contributed by atoms with E-state index >= 15 is 0 Å². The molecule has 0 heterocycles. The largest absolute Gasteiger partial charge is 1.00 e. The van der Waals surface area contributed by atoms with Crippen molar-refractivity contribution in [3.8, 4) is 0 Å². The van der Waals surface area contributed by atoms with Crippen LogP contribution in [0.1, 0.15) is 90.9 Å². The summed E-state index contributed by atoms with van der Waals surface area (Å²) in [6.45, 7) is 4.68. The van der Waals surface area contributed by atoms with Gasteiger partial charge in [-0.2, -0.15) is 0 Å². The van der Waals surface area contributed by atoms with E-state index in [4.69, 9.17) is 0 Å². The second-order valence-electron chi connectivity index (χ2n) is 5.88. The predicted octanol–water partition coefficient (Wildman–Crippen LogP) is 0.420. The molecule has 0 rings (SSSR count). The predicted molar refractivity (Wildman–Crippen MR) is 83.5 cm³/mol. The Morgan fingerprint density at radius 2 is 1.24 bits per heavy atom. The molecule has 4 heteroatoms. The van der Waals surface area contributed by atoms with Gasteiger partial charge in [-0.15, -0.1) is 0 Å². The smallest absolute Gasteiger partial charge is 0.548 e. The first-order valence-electron chi connectivity index (χ1n) is 8.62. The second kappa shape index (κ2) is 19.1. The van der Waals surface area contributed by atoms with E-state index in [0.717, 1.165) is 13.0 Å². The van der Waals surface area contributed by atoms with Gasteiger partial charge in [-0.25, -0.2) is 0 Å². The van der Waals surface area contributed by atoms with Crippen LogP contribution >= 0.6 is 0 Å². The third-order valence-electron chi connectivity index (χ3n) is 3.83. The van der Waals surface area contributed by atoms with Crippen molar-refractivity contribution >= 4 is 5.97 Å². The monoisotopic (exact) mass is 323 g/mol. The molecule has 21 heavy (non-hydrogen) atoms. The summed E-state index contributed by atoms with van der Waals surface area (Å²) in [5.74, 6) is -1.01. The number of aliphatic carboxylic acids is 1. The topological polar surface area (TPSA) is 52.2 Å². The number of hydrogen-bond donors (Lipinski definition) is 1. The van der Waals surface area contributed by atoms with E-state index in [0.29, 0.717) is 0 Å². The van der Waals surface area contributed by atoms with E-state index in [2.05, 4.69) is 12.2 Å². The van der Waals surface area contributed by atoms with E-state index in [9.17, 15) is 9.90 Å². The normalized spacial score (nSPS) is 11.9. The quantitative estimate of drug-likeness (QED) is 0.351. The minimum absolute atomic E-state index is 0. The average Bonchev–Trinajstić information content (AvgIpc) is 2.43. The van der Waals surface area contributed by atoms with Gasteiger partial charge >= 0.3 is 51.4 Å². The molecule has 0 aliphatic carbocycles. The fraction of sp³-hybridized carbons (Fsp3) is 0.941. The van der Waals surface area contributed by atoms with Gasteiger partial charge in [0.05, 0.1) is 5.97 Å². The third-order valence-corrected chi connectivity index (χ3v) is 3.83. The zero-order valence-electron chi connectivity index (χ0n) is 14.6. The summed E-state index contributed by atoms with van der Waals surface area (Å²) in [7, 11) is 0. The van der Waals surface area contributed by atoms with Gasteiger partial charge in [-0.3, -0.25) is 0 Å². The van der Waals surface area contributed by atoms with Crippen LogP contribution in [0.15, 0.2) is 0 Å². The van der Waals surface area contributed by atoms with Crippen LogP contribution in [-0.2, 0) is 4.79 Å². The van der Waals surface area contributed by atoms with Gasteiger partial charge in [0.2, 0.25) is 0 Å². The molecule has 1 N–H and O–H groups in total. The first-order valence-corrected chi connectivity index (χ1v) is 8.62. The van der Waals surface area contributed by atoms with Crippen molar-refractivity contribution in [1.82, 2.24) is 5.32 Å². The molecule has 0 saturated heterocycles. The van der Waals surface area contributed by atoms with Crippen LogP contribution in [-0.4, -0.2) is 18.6 Å². The summed E-state index contributed by atoms with van der Waals surface area (Å²) in [6.07, 6.45) is 16.0. The maximum atomic E-state index is 10.5. The molecule has 0 spiro atoms. The van der Waals surface area contributed by atoms with Crippen LogP contribution in [0.4, 0.5) is 0 Å². The number of nitrogens with one attached hydrogen (secondary N) is 1. The van der Waals surface area contributed by atoms with E-state index < -0.39 is 12.0 Å². The van der Waals surface area contributed by atoms with Crippen molar-refractivity contribution in [3.63, 3.8) is 0 Å². The molecular weight excluding hydrogens is 289 g/mol. The van der Waals surface area contributed by atoms with Gasteiger partial charge in [0.25, 0.3) is 0 Å². The molecule has 0 saturated carbocycles. The Morgan fingerprint density at radius 3 is 1.62 bits per heavy atom. The zero-order valence-corrected chi connectivity index (χ0v) is 17.7. The van der Waals surface area contributed by atoms with Crippen molar-refractivity contribution in [2.45, 2.75) is 96.9 Å². The number of carbonyl (C=O) groups excluding carboxylic acids is 1. The summed E-state index contributed by atoms with van der Waals surface area (Å²) in [5, 5.41) is 13.4. The van der Waals surface area contributed by atoms with Crippen LogP contribution in [0.3, 0.4) is 0 Å². The minimum Gasteiger partial charge on any atom is -0.548 e. The van der Waals surface area contributed by atoms with Crippen LogP contribution in [0.5, 0.6) is 0 Å². The SMILES string of the molecule is CCCCCCCCCCCCCCNC(C)C(=O)[O-].[K+]. The molecule has 1 atom stereocenters. The Bertz CT molecular complexity index is 225. The summed E-state index contributed by atoms with van der Waals surface area (Å²) in [6, 6.07) is -0.525. The summed E-state index contributed by atoms with van der Waals surface area (Å²) < 4.78 is 0. The molecule has 0 fully saturated rings. The minimum atomic E-state index is -1.01. The molecule has 0 aliphatic heterocycles. The summed E-state index contributed by atoms with van der Waals surface area (Å²) >= 11 is 0. The zero-order chi connectivity index (χ0) is 15.1. The van der Waals surface area contributed by atoms with Crippen molar-refractivity contribution < 1.29 is 61.3 Å². The van der Waals surface area contributed by atoms with Gasteiger partial charge in [-0.05, 0) is 19.9 Å². The Hall–Kier alpha value is 1.07. The van der Waals surface area contributed by atoms with Crippen molar-refractivity contribution in [1.29, 1.82) is 0 Å².